The van der Waals surface area contributed by atoms with Crippen molar-refractivity contribution in [2.75, 3.05) is 14.2 Å². The normalized spacial score (nSPS) is 10.2. The van der Waals surface area contributed by atoms with Gasteiger partial charge in [0.1, 0.15) is 0 Å². The van der Waals surface area contributed by atoms with Gasteiger partial charge in [0.05, 0.1) is 19.1 Å². The van der Waals surface area contributed by atoms with E-state index in [4.69, 9.17) is 4.74 Å². The van der Waals surface area contributed by atoms with Crippen LogP contribution in [0.2, 0.25) is 0 Å². The maximum Gasteiger partial charge on any atom is 0.330 e. The van der Waals surface area contributed by atoms with Crippen molar-refractivity contribution in [3.05, 3.63) is 40.0 Å². The number of methoxy groups -OCH3 is 2. The fraction of sp³-hybridized carbons (Fsp3) is 0.182. The van der Waals surface area contributed by atoms with Crippen LogP contribution in [0.5, 0.6) is 5.75 Å². The fourth-order valence-corrected chi connectivity index (χ4v) is 1.19. The Labute approximate surface area is 97.6 Å². The molecule has 0 atom stereocenters. The highest BCUT2D eigenvalue weighted by atomic mass is 16.6. The number of nitro benzene ring substituents is 1. The quantitative estimate of drug-likeness (QED) is 0.345. The van der Waals surface area contributed by atoms with Crippen molar-refractivity contribution in [1.29, 1.82) is 0 Å². The predicted octanol–water partition coefficient (Wildman–Crippen LogP) is 1.79. The van der Waals surface area contributed by atoms with Crippen LogP contribution < -0.4 is 4.74 Å². The molecule has 0 aliphatic rings. The van der Waals surface area contributed by atoms with E-state index in [1.807, 2.05) is 0 Å². The van der Waals surface area contributed by atoms with Crippen molar-refractivity contribution < 1.29 is 19.2 Å². The van der Waals surface area contributed by atoms with E-state index < -0.39 is 10.9 Å². The van der Waals surface area contributed by atoms with Crippen LogP contribution in [0.4, 0.5) is 5.69 Å². The van der Waals surface area contributed by atoms with Gasteiger partial charge >= 0.3 is 11.7 Å². The van der Waals surface area contributed by atoms with Gasteiger partial charge in [0.15, 0.2) is 5.75 Å². The number of ether oxygens (including phenoxy) is 2. The summed E-state index contributed by atoms with van der Waals surface area (Å²) in [5.74, 6) is -0.353. The van der Waals surface area contributed by atoms with Gasteiger partial charge in [-0.05, 0) is 17.7 Å². The zero-order valence-electron chi connectivity index (χ0n) is 9.38. The number of carbonyl (C=O) groups excluding carboxylic acids is 1. The molecule has 0 unspecified atom stereocenters. The van der Waals surface area contributed by atoms with Gasteiger partial charge in [0.25, 0.3) is 0 Å². The topological polar surface area (TPSA) is 78.7 Å². The Balaban J connectivity index is 3.04. The number of benzene rings is 1. The molecule has 17 heavy (non-hydrogen) atoms. The first-order valence-electron chi connectivity index (χ1n) is 4.67. The molecule has 0 N–H and O–H groups in total. The highest BCUT2D eigenvalue weighted by molar-refractivity contribution is 5.87. The molecule has 1 rings (SSSR count). The van der Waals surface area contributed by atoms with Crippen molar-refractivity contribution in [2.45, 2.75) is 0 Å². The van der Waals surface area contributed by atoms with Gasteiger partial charge in [-0.1, -0.05) is 6.07 Å². The summed E-state index contributed by atoms with van der Waals surface area (Å²) in [7, 11) is 2.61. The standard InChI is InChI=1S/C11H11NO5/c1-16-10-5-3-8(4-6-11(13)17-2)7-9(10)12(14)15/h3-7H,1-2H3/b6-4+. The second-order valence-electron chi connectivity index (χ2n) is 3.04. The molecular weight excluding hydrogens is 226 g/mol. The van der Waals surface area contributed by atoms with Gasteiger partial charge in [-0.15, -0.1) is 0 Å². The zero-order chi connectivity index (χ0) is 12.8. The fourth-order valence-electron chi connectivity index (χ4n) is 1.19. The summed E-state index contributed by atoms with van der Waals surface area (Å²) in [4.78, 5) is 21.0. The van der Waals surface area contributed by atoms with Crippen LogP contribution in [0.3, 0.4) is 0 Å². The number of nitro groups is 1. The SMILES string of the molecule is COC(=O)/C=C/c1ccc(OC)c([N+](=O)[O-])c1. The van der Waals surface area contributed by atoms with E-state index in [0.29, 0.717) is 5.56 Å². The Kier molecular flexibility index (Phi) is 4.21. The Hall–Kier alpha value is -2.37. The van der Waals surface area contributed by atoms with Crippen molar-refractivity contribution in [3.8, 4) is 5.75 Å². The number of nitrogens with zero attached hydrogens (tertiary/aromatic N) is 1. The van der Waals surface area contributed by atoms with E-state index in [0.717, 1.165) is 0 Å². The van der Waals surface area contributed by atoms with E-state index in [9.17, 15) is 14.9 Å². The molecule has 1 aromatic rings. The van der Waals surface area contributed by atoms with Crippen LogP contribution in [-0.2, 0) is 9.53 Å². The summed E-state index contributed by atoms with van der Waals surface area (Å²) >= 11 is 0. The van der Waals surface area contributed by atoms with Crippen LogP contribution in [-0.4, -0.2) is 25.1 Å². The molecule has 0 spiro atoms. The minimum Gasteiger partial charge on any atom is -0.490 e. The van der Waals surface area contributed by atoms with Crippen LogP contribution >= 0.6 is 0 Å². The second kappa shape index (κ2) is 5.64. The Morgan fingerprint density at radius 2 is 2.12 bits per heavy atom. The van der Waals surface area contributed by atoms with Gasteiger partial charge in [0.2, 0.25) is 0 Å². The van der Waals surface area contributed by atoms with Gasteiger partial charge in [-0.25, -0.2) is 4.79 Å². The first kappa shape index (κ1) is 12.7. The molecule has 0 aliphatic carbocycles. The summed E-state index contributed by atoms with van der Waals surface area (Å²) in [6, 6.07) is 4.39. The molecule has 0 fully saturated rings. The van der Waals surface area contributed by atoms with E-state index in [2.05, 4.69) is 4.74 Å². The Morgan fingerprint density at radius 3 is 2.65 bits per heavy atom. The van der Waals surface area contributed by atoms with Crippen LogP contribution in [0.15, 0.2) is 24.3 Å². The van der Waals surface area contributed by atoms with E-state index in [1.165, 1.54) is 38.5 Å². The molecule has 0 saturated heterocycles. The molecule has 0 radical (unpaired) electrons. The number of hydrogen-bond acceptors (Lipinski definition) is 5. The predicted molar refractivity (Wildman–Crippen MR) is 60.7 cm³/mol. The molecule has 0 heterocycles. The van der Waals surface area contributed by atoms with E-state index in [1.54, 1.807) is 6.07 Å². The van der Waals surface area contributed by atoms with Gasteiger partial charge < -0.3 is 9.47 Å². The van der Waals surface area contributed by atoms with Crippen LogP contribution in [0.1, 0.15) is 5.56 Å². The molecule has 0 bridgehead atoms. The lowest BCUT2D eigenvalue weighted by Crippen LogP contribution is -1.95. The molecule has 6 nitrogen and oxygen atoms in total. The molecule has 6 heteroatoms. The van der Waals surface area contributed by atoms with Gasteiger partial charge in [-0.3, -0.25) is 10.1 Å². The Bertz CT molecular complexity index is 467. The molecule has 0 aromatic heterocycles. The summed E-state index contributed by atoms with van der Waals surface area (Å²) in [6.07, 6.45) is 2.61. The van der Waals surface area contributed by atoms with Crippen LogP contribution in [0, 0.1) is 10.1 Å². The maximum absolute atomic E-state index is 10.9. The third kappa shape index (κ3) is 3.30. The largest absolute Gasteiger partial charge is 0.490 e. The monoisotopic (exact) mass is 237 g/mol. The summed E-state index contributed by atoms with van der Waals surface area (Å²) < 4.78 is 9.26. The molecule has 90 valence electrons. The van der Waals surface area contributed by atoms with E-state index >= 15 is 0 Å². The number of esters is 1. The minimum absolute atomic E-state index is 0.153. The lowest BCUT2D eigenvalue weighted by Gasteiger charge is -2.01. The second-order valence-corrected chi connectivity index (χ2v) is 3.04. The number of rotatable bonds is 4. The van der Waals surface area contributed by atoms with Gasteiger partial charge in [0, 0.05) is 12.1 Å². The summed E-state index contributed by atoms with van der Waals surface area (Å²) in [5.41, 5.74) is 0.363. The molecule has 1 aromatic carbocycles. The average molecular weight is 237 g/mol. The average Bonchev–Trinajstić information content (AvgIpc) is 2.35. The van der Waals surface area contributed by atoms with E-state index in [-0.39, 0.29) is 11.4 Å². The molecule has 0 saturated carbocycles. The van der Waals surface area contributed by atoms with Crippen molar-refractivity contribution in [2.24, 2.45) is 0 Å². The summed E-state index contributed by atoms with van der Waals surface area (Å²) in [6.45, 7) is 0. The smallest absolute Gasteiger partial charge is 0.330 e. The van der Waals surface area contributed by atoms with Crippen LogP contribution in [0.25, 0.3) is 6.08 Å². The maximum atomic E-state index is 10.9. The third-order valence-corrected chi connectivity index (χ3v) is 2.01. The number of hydrogen-bond donors (Lipinski definition) is 0. The minimum atomic E-state index is -0.547. The molecule has 0 aliphatic heterocycles. The highest BCUT2D eigenvalue weighted by Crippen LogP contribution is 2.27. The lowest BCUT2D eigenvalue weighted by atomic mass is 10.1. The molecule has 0 amide bonds. The van der Waals surface area contributed by atoms with Gasteiger partial charge in [-0.2, -0.15) is 0 Å². The highest BCUT2D eigenvalue weighted by Gasteiger charge is 2.14. The third-order valence-electron chi connectivity index (χ3n) is 2.01. The lowest BCUT2D eigenvalue weighted by molar-refractivity contribution is -0.385. The number of carbonyl (C=O) groups is 1. The molecular formula is C11H11NO5. The van der Waals surface area contributed by atoms with Crippen molar-refractivity contribution in [3.63, 3.8) is 0 Å². The van der Waals surface area contributed by atoms with Crippen molar-refractivity contribution in [1.82, 2.24) is 0 Å². The van der Waals surface area contributed by atoms with Crippen molar-refractivity contribution >= 4 is 17.7 Å². The summed E-state index contributed by atoms with van der Waals surface area (Å²) in [5, 5.41) is 10.7. The first-order valence-corrected chi connectivity index (χ1v) is 4.67. The first-order chi connectivity index (χ1) is 8.08. The zero-order valence-corrected chi connectivity index (χ0v) is 9.38. The Morgan fingerprint density at radius 1 is 1.41 bits per heavy atom.